The predicted molar refractivity (Wildman–Crippen MR) is 121 cm³/mol. The van der Waals surface area contributed by atoms with E-state index < -0.39 is 35.1 Å². The number of fused-ring (bicyclic) bond motifs is 2. The molecule has 0 spiro atoms. The van der Waals surface area contributed by atoms with E-state index in [1.54, 1.807) is 19.1 Å². The smallest absolute Gasteiger partial charge is 0.397 e. The van der Waals surface area contributed by atoms with Gasteiger partial charge in [-0.15, -0.1) is 0 Å². The summed E-state index contributed by atoms with van der Waals surface area (Å²) in [6, 6.07) is 7.13. The molecule has 4 N–H and O–H groups in total. The fourth-order valence-electron chi connectivity index (χ4n) is 4.78. The molecule has 1 amide bonds. The van der Waals surface area contributed by atoms with Crippen molar-refractivity contribution in [1.82, 2.24) is 5.16 Å². The van der Waals surface area contributed by atoms with Gasteiger partial charge in [0.15, 0.2) is 0 Å². The van der Waals surface area contributed by atoms with Gasteiger partial charge >= 0.3 is 11.8 Å². The molecule has 11 heteroatoms. The third-order valence-corrected chi connectivity index (χ3v) is 6.91. The topological polar surface area (TPSA) is 118 Å². The van der Waals surface area contributed by atoms with E-state index in [1.165, 1.54) is 25.1 Å². The second kappa shape index (κ2) is 8.28. The molecular formula is C23H21ClF3N3O4. The lowest BCUT2D eigenvalue weighted by Gasteiger charge is -2.42. The number of benzene rings is 2. The lowest BCUT2D eigenvalue weighted by atomic mass is 9.67. The van der Waals surface area contributed by atoms with Gasteiger partial charge in [-0.05, 0) is 61.1 Å². The number of hydrogen-bond donors (Lipinski definition) is 3. The van der Waals surface area contributed by atoms with Crippen molar-refractivity contribution in [2.24, 2.45) is 5.92 Å². The summed E-state index contributed by atoms with van der Waals surface area (Å²) in [4.78, 5) is 24.9. The standard InChI is InChI=1S/C23H21ClF3N3O4/c1-10-16(7-3-12-4-8-17(24)19(28)18(10)12)22(33,23(25,26)27)21(32)29-13-5-6-14-15(9-13)11(2)30-34-20(14)31/h4-6,8-10,16,33H,3,7,28H2,1-2H3,(H,29,32)/t10?,16?,22-/m1/s1. The zero-order chi connectivity index (χ0) is 25.0. The summed E-state index contributed by atoms with van der Waals surface area (Å²) >= 11 is 6.08. The number of halogens is 4. The summed E-state index contributed by atoms with van der Waals surface area (Å²) in [5.74, 6) is -4.06. The minimum atomic E-state index is -5.28. The summed E-state index contributed by atoms with van der Waals surface area (Å²) in [6.07, 6.45) is -5.19. The number of aromatic nitrogens is 1. The Labute approximate surface area is 196 Å². The SMILES string of the molecule is Cc1noc(=O)c2ccc(NC(=O)[C@](O)(C3CCc4ccc(Cl)c(N)c4C3C)C(F)(F)F)cc12. The molecule has 1 aliphatic rings. The highest BCUT2D eigenvalue weighted by Crippen LogP contribution is 2.50. The maximum absolute atomic E-state index is 14.3. The minimum Gasteiger partial charge on any atom is -0.397 e. The van der Waals surface area contributed by atoms with Crippen molar-refractivity contribution in [3.05, 3.63) is 62.6 Å². The first-order chi connectivity index (χ1) is 15.9. The molecule has 3 atom stereocenters. The van der Waals surface area contributed by atoms with Crippen LogP contribution in [-0.2, 0) is 11.2 Å². The van der Waals surface area contributed by atoms with E-state index in [9.17, 15) is 27.9 Å². The van der Waals surface area contributed by atoms with Crippen LogP contribution in [0.1, 0.15) is 36.1 Å². The van der Waals surface area contributed by atoms with Gasteiger partial charge in [0.05, 0.1) is 21.8 Å². The molecule has 1 aromatic heterocycles. The Balaban J connectivity index is 1.74. The van der Waals surface area contributed by atoms with Crippen LogP contribution in [0.4, 0.5) is 24.5 Å². The molecule has 0 bridgehead atoms. The molecule has 7 nitrogen and oxygen atoms in total. The molecule has 0 radical (unpaired) electrons. The van der Waals surface area contributed by atoms with Crippen LogP contribution in [0.3, 0.4) is 0 Å². The maximum atomic E-state index is 14.3. The first-order valence-corrected chi connectivity index (χ1v) is 10.8. The van der Waals surface area contributed by atoms with E-state index in [-0.39, 0.29) is 34.6 Å². The number of nitrogens with zero attached hydrogens (tertiary/aromatic N) is 1. The summed E-state index contributed by atoms with van der Waals surface area (Å²) in [7, 11) is 0. The van der Waals surface area contributed by atoms with Gasteiger partial charge in [0.1, 0.15) is 0 Å². The van der Waals surface area contributed by atoms with Gasteiger partial charge < -0.3 is 20.7 Å². The lowest BCUT2D eigenvalue weighted by molar-refractivity contribution is -0.269. The molecule has 4 rings (SSSR count). The molecular weight excluding hydrogens is 475 g/mol. The van der Waals surface area contributed by atoms with Crippen LogP contribution in [-0.4, -0.2) is 27.9 Å². The molecule has 0 saturated heterocycles. The molecule has 2 unspecified atom stereocenters. The van der Waals surface area contributed by atoms with Crippen molar-refractivity contribution in [1.29, 1.82) is 0 Å². The number of carbonyl (C=O) groups is 1. The van der Waals surface area contributed by atoms with E-state index in [0.29, 0.717) is 16.6 Å². The van der Waals surface area contributed by atoms with Crippen molar-refractivity contribution < 1.29 is 27.6 Å². The normalized spacial score (nSPS) is 20.0. The Hall–Kier alpha value is -3.11. The molecule has 180 valence electrons. The highest BCUT2D eigenvalue weighted by molar-refractivity contribution is 6.33. The number of nitrogens with two attached hydrogens (primary N) is 1. The van der Waals surface area contributed by atoms with Crippen molar-refractivity contribution >= 4 is 39.7 Å². The number of alkyl halides is 3. The molecule has 2 aromatic carbocycles. The molecule has 0 fully saturated rings. The van der Waals surface area contributed by atoms with Crippen LogP contribution < -0.4 is 16.7 Å². The summed E-state index contributed by atoms with van der Waals surface area (Å²) in [6.45, 7) is 3.03. The number of nitrogens with one attached hydrogen (secondary N) is 1. The molecule has 0 aliphatic heterocycles. The lowest BCUT2D eigenvalue weighted by Crippen LogP contribution is -2.61. The minimum absolute atomic E-state index is 0.0397. The number of aliphatic hydroxyl groups is 1. The molecule has 0 saturated carbocycles. The quantitative estimate of drug-likeness (QED) is 0.465. The largest absolute Gasteiger partial charge is 0.426 e. The van der Waals surface area contributed by atoms with Crippen molar-refractivity contribution in [2.75, 3.05) is 11.1 Å². The fourth-order valence-corrected chi connectivity index (χ4v) is 4.95. The van der Waals surface area contributed by atoms with Gasteiger partial charge in [-0.3, -0.25) is 4.79 Å². The summed E-state index contributed by atoms with van der Waals surface area (Å²) in [5, 5.41) is 17.4. The molecule has 34 heavy (non-hydrogen) atoms. The van der Waals surface area contributed by atoms with E-state index in [0.717, 1.165) is 5.56 Å². The third kappa shape index (κ3) is 3.70. The van der Waals surface area contributed by atoms with Crippen LogP contribution in [0, 0.1) is 12.8 Å². The number of hydrogen-bond acceptors (Lipinski definition) is 6. The summed E-state index contributed by atoms with van der Waals surface area (Å²) in [5.41, 5.74) is 3.15. The Morgan fingerprint density at radius 2 is 1.97 bits per heavy atom. The Kier molecular flexibility index (Phi) is 5.85. The van der Waals surface area contributed by atoms with E-state index in [4.69, 9.17) is 17.3 Å². The van der Waals surface area contributed by atoms with E-state index in [1.807, 2.05) is 0 Å². The van der Waals surface area contributed by atoms with Crippen molar-refractivity contribution in [3.8, 4) is 0 Å². The van der Waals surface area contributed by atoms with Gasteiger partial charge in [0.25, 0.3) is 5.91 Å². The third-order valence-electron chi connectivity index (χ3n) is 6.58. The fraction of sp³-hybridized carbons (Fsp3) is 0.348. The first kappa shape index (κ1) is 24.0. The predicted octanol–water partition coefficient (Wildman–Crippen LogP) is 4.33. The zero-order valence-electron chi connectivity index (χ0n) is 18.2. The number of aryl methyl sites for hydroxylation is 2. The first-order valence-electron chi connectivity index (χ1n) is 10.4. The number of carbonyl (C=O) groups excluding carboxylic acids is 1. The highest BCUT2D eigenvalue weighted by atomic mass is 35.5. The van der Waals surface area contributed by atoms with E-state index in [2.05, 4.69) is 15.0 Å². The number of nitrogen functional groups attached to an aromatic ring is 1. The zero-order valence-corrected chi connectivity index (χ0v) is 18.9. The van der Waals surface area contributed by atoms with Crippen molar-refractivity contribution in [2.45, 2.75) is 44.4 Å². The number of amides is 1. The second-order valence-electron chi connectivity index (χ2n) is 8.50. The van der Waals surface area contributed by atoms with Gasteiger partial charge in [-0.25, -0.2) is 4.79 Å². The number of anilines is 2. The van der Waals surface area contributed by atoms with Crippen LogP contribution in [0.15, 0.2) is 39.6 Å². The average Bonchev–Trinajstić information content (AvgIpc) is 2.77. The van der Waals surface area contributed by atoms with Gasteiger partial charge in [0, 0.05) is 17.0 Å². The highest BCUT2D eigenvalue weighted by Gasteiger charge is 2.65. The van der Waals surface area contributed by atoms with Crippen molar-refractivity contribution in [3.63, 3.8) is 0 Å². The van der Waals surface area contributed by atoms with Crippen LogP contribution in [0.25, 0.3) is 10.8 Å². The van der Waals surface area contributed by atoms with Gasteiger partial charge in [-0.2, -0.15) is 13.2 Å². The second-order valence-corrected chi connectivity index (χ2v) is 8.91. The maximum Gasteiger partial charge on any atom is 0.426 e. The number of rotatable bonds is 3. The van der Waals surface area contributed by atoms with E-state index >= 15 is 0 Å². The Bertz CT molecular complexity index is 1360. The monoisotopic (exact) mass is 495 g/mol. The van der Waals surface area contributed by atoms with Gasteiger partial charge in [0.2, 0.25) is 5.60 Å². The Morgan fingerprint density at radius 1 is 1.26 bits per heavy atom. The van der Waals surface area contributed by atoms with Crippen LogP contribution in [0.2, 0.25) is 5.02 Å². The van der Waals surface area contributed by atoms with Crippen LogP contribution in [0.5, 0.6) is 0 Å². The Morgan fingerprint density at radius 3 is 2.65 bits per heavy atom. The van der Waals surface area contributed by atoms with Gasteiger partial charge in [-0.1, -0.05) is 29.7 Å². The summed E-state index contributed by atoms with van der Waals surface area (Å²) < 4.78 is 47.6. The molecule has 1 aliphatic carbocycles. The average molecular weight is 496 g/mol. The molecule has 3 aromatic rings. The molecule has 1 heterocycles. The van der Waals surface area contributed by atoms with Crippen LogP contribution >= 0.6 is 11.6 Å².